The van der Waals surface area contributed by atoms with Crippen molar-refractivity contribution in [1.29, 1.82) is 0 Å². The number of nitrogens with zero attached hydrogens (tertiary/aromatic N) is 1. The molecule has 0 bridgehead atoms. The maximum atomic E-state index is 11.2. The van der Waals surface area contributed by atoms with Gasteiger partial charge in [-0.15, -0.1) is 0 Å². The summed E-state index contributed by atoms with van der Waals surface area (Å²) in [5, 5.41) is 0.985. The number of rotatable bonds is 5. The van der Waals surface area contributed by atoms with Gasteiger partial charge in [0, 0.05) is 5.39 Å². The molecule has 1 aromatic carbocycles. The number of aryl methyl sites for hydroxylation is 1. The molecular weight excluding hydrogens is 240 g/mol. The van der Waals surface area contributed by atoms with E-state index < -0.39 is 5.91 Å². The Morgan fingerprint density at radius 2 is 2.16 bits per heavy atom. The predicted molar refractivity (Wildman–Crippen MR) is 75.4 cm³/mol. The first-order valence-electron chi connectivity index (χ1n) is 6.46. The van der Waals surface area contributed by atoms with Crippen LogP contribution in [0.3, 0.4) is 0 Å². The molecular formula is C15H18N2O2. The summed E-state index contributed by atoms with van der Waals surface area (Å²) in [7, 11) is 0. The lowest BCUT2D eigenvalue weighted by atomic mass is 10.1. The Morgan fingerprint density at radius 1 is 1.37 bits per heavy atom. The fourth-order valence-corrected chi connectivity index (χ4v) is 1.92. The molecule has 19 heavy (non-hydrogen) atoms. The third-order valence-corrected chi connectivity index (χ3v) is 3.01. The molecule has 0 aliphatic carbocycles. The summed E-state index contributed by atoms with van der Waals surface area (Å²) in [5.74, 6) is 0.325. The van der Waals surface area contributed by atoms with Gasteiger partial charge < -0.3 is 10.5 Å². The first-order chi connectivity index (χ1) is 9.11. The lowest BCUT2D eigenvalue weighted by Crippen LogP contribution is -2.13. The van der Waals surface area contributed by atoms with Crippen LogP contribution < -0.4 is 10.5 Å². The number of primary amides is 1. The maximum absolute atomic E-state index is 11.2. The van der Waals surface area contributed by atoms with Gasteiger partial charge in [0.15, 0.2) is 0 Å². The number of hydrogen-bond acceptors (Lipinski definition) is 3. The Kier molecular flexibility index (Phi) is 4.00. The van der Waals surface area contributed by atoms with Gasteiger partial charge in [-0.1, -0.05) is 13.3 Å². The van der Waals surface area contributed by atoms with Crippen LogP contribution in [0.25, 0.3) is 10.9 Å². The highest BCUT2D eigenvalue weighted by Crippen LogP contribution is 2.23. The molecule has 2 rings (SSSR count). The largest absolute Gasteiger partial charge is 0.494 e. The second-order valence-electron chi connectivity index (χ2n) is 4.57. The minimum atomic E-state index is -0.506. The summed E-state index contributed by atoms with van der Waals surface area (Å²) in [6.07, 6.45) is 2.14. The van der Waals surface area contributed by atoms with Crippen LogP contribution in [-0.2, 0) is 0 Å². The van der Waals surface area contributed by atoms with Crippen molar-refractivity contribution in [2.24, 2.45) is 5.73 Å². The SMILES string of the molecule is CCCCOc1ccc2nc(C(N)=O)cc(C)c2c1. The molecule has 0 saturated carbocycles. The molecule has 0 fully saturated rings. The summed E-state index contributed by atoms with van der Waals surface area (Å²) in [5.41, 5.74) is 7.29. The lowest BCUT2D eigenvalue weighted by molar-refractivity contribution is 0.0996. The van der Waals surface area contributed by atoms with Gasteiger partial charge >= 0.3 is 0 Å². The number of unbranched alkanes of at least 4 members (excludes halogenated alkanes) is 1. The van der Waals surface area contributed by atoms with Crippen LogP contribution in [0.1, 0.15) is 35.8 Å². The molecule has 0 unspecified atom stereocenters. The van der Waals surface area contributed by atoms with E-state index in [0.29, 0.717) is 12.3 Å². The normalized spacial score (nSPS) is 10.6. The predicted octanol–water partition coefficient (Wildman–Crippen LogP) is 2.82. The Bertz CT molecular complexity index is 608. The van der Waals surface area contributed by atoms with Gasteiger partial charge in [0.25, 0.3) is 5.91 Å². The van der Waals surface area contributed by atoms with E-state index in [1.165, 1.54) is 0 Å². The average molecular weight is 258 g/mol. The van der Waals surface area contributed by atoms with Gasteiger partial charge in [0.1, 0.15) is 11.4 Å². The van der Waals surface area contributed by atoms with Gasteiger partial charge in [-0.25, -0.2) is 4.98 Å². The molecule has 0 spiro atoms. The number of nitrogens with two attached hydrogens (primary N) is 1. The van der Waals surface area contributed by atoms with Crippen LogP contribution in [0.4, 0.5) is 0 Å². The molecule has 2 N–H and O–H groups in total. The number of fused-ring (bicyclic) bond motifs is 1. The zero-order valence-corrected chi connectivity index (χ0v) is 11.3. The Morgan fingerprint density at radius 3 is 2.84 bits per heavy atom. The van der Waals surface area contributed by atoms with Gasteiger partial charge in [0.05, 0.1) is 12.1 Å². The van der Waals surface area contributed by atoms with Gasteiger partial charge in [-0.2, -0.15) is 0 Å². The highest BCUT2D eigenvalue weighted by molar-refractivity contribution is 5.95. The van der Waals surface area contributed by atoms with Crippen molar-refractivity contribution in [2.45, 2.75) is 26.7 Å². The van der Waals surface area contributed by atoms with Crippen molar-refractivity contribution < 1.29 is 9.53 Å². The standard InChI is InChI=1S/C15H18N2O2/c1-3-4-7-19-11-5-6-13-12(9-11)10(2)8-14(17-13)15(16)18/h5-6,8-9H,3-4,7H2,1-2H3,(H2,16,18). The van der Waals surface area contributed by atoms with Gasteiger partial charge in [0.2, 0.25) is 0 Å². The van der Waals surface area contributed by atoms with Crippen LogP contribution in [0, 0.1) is 6.92 Å². The number of hydrogen-bond donors (Lipinski definition) is 1. The van der Waals surface area contributed by atoms with E-state index in [4.69, 9.17) is 10.5 Å². The summed E-state index contributed by atoms with van der Waals surface area (Å²) in [4.78, 5) is 15.4. The van der Waals surface area contributed by atoms with E-state index in [-0.39, 0.29) is 0 Å². The molecule has 1 aromatic heterocycles. The number of pyridine rings is 1. The first-order valence-corrected chi connectivity index (χ1v) is 6.46. The minimum absolute atomic E-state index is 0.296. The van der Waals surface area contributed by atoms with E-state index in [0.717, 1.165) is 35.1 Å². The Labute approximate surface area is 112 Å². The number of carbonyl (C=O) groups excluding carboxylic acids is 1. The maximum Gasteiger partial charge on any atom is 0.267 e. The van der Waals surface area contributed by atoms with Gasteiger partial charge in [-0.3, -0.25) is 4.79 Å². The second-order valence-corrected chi connectivity index (χ2v) is 4.57. The van der Waals surface area contributed by atoms with Gasteiger partial charge in [-0.05, 0) is 43.2 Å². The minimum Gasteiger partial charge on any atom is -0.494 e. The summed E-state index contributed by atoms with van der Waals surface area (Å²) in [6, 6.07) is 7.39. The van der Waals surface area contributed by atoms with Crippen molar-refractivity contribution in [3.05, 3.63) is 35.5 Å². The number of ether oxygens (including phenoxy) is 1. The molecule has 4 heteroatoms. The molecule has 0 aliphatic rings. The lowest BCUT2D eigenvalue weighted by Gasteiger charge is -2.08. The number of aromatic nitrogens is 1. The van der Waals surface area contributed by atoms with E-state index in [1.54, 1.807) is 6.07 Å². The van der Waals surface area contributed by atoms with Crippen LogP contribution >= 0.6 is 0 Å². The summed E-state index contributed by atoms with van der Waals surface area (Å²) < 4.78 is 5.67. The number of amides is 1. The second kappa shape index (κ2) is 5.69. The topological polar surface area (TPSA) is 65.2 Å². The van der Waals surface area contributed by atoms with Crippen molar-refractivity contribution >= 4 is 16.8 Å². The summed E-state index contributed by atoms with van der Waals surface area (Å²) in [6.45, 7) is 4.78. The number of carbonyl (C=O) groups is 1. The van der Waals surface area contributed by atoms with E-state index in [2.05, 4.69) is 11.9 Å². The van der Waals surface area contributed by atoms with Crippen LogP contribution in [0.15, 0.2) is 24.3 Å². The highest BCUT2D eigenvalue weighted by atomic mass is 16.5. The Hall–Kier alpha value is -2.10. The van der Waals surface area contributed by atoms with Crippen molar-refractivity contribution in [3.63, 3.8) is 0 Å². The van der Waals surface area contributed by atoms with Crippen LogP contribution in [0.5, 0.6) is 5.75 Å². The van der Waals surface area contributed by atoms with Crippen molar-refractivity contribution in [3.8, 4) is 5.75 Å². The number of benzene rings is 1. The molecule has 0 aliphatic heterocycles. The zero-order valence-electron chi connectivity index (χ0n) is 11.3. The molecule has 0 radical (unpaired) electrons. The molecule has 100 valence electrons. The van der Waals surface area contributed by atoms with Crippen molar-refractivity contribution in [2.75, 3.05) is 6.61 Å². The fourth-order valence-electron chi connectivity index (χ4n) is 1.92. The molecule has 1 amide bonds. The Balaban J connectivity index is 2.35. The smallest absolute Gasteiger partial charge is 0.267 e. The molecule has 2 aromatic rings. The first kappa shape index (κ1) is 13.3. The van der Waals surface area contributed by atoms with E-state index >= 15 is 0 Å². The highest BCUT2D eigenvalue weighted by Gasteiger charge is 2.08. The quantitative estimate of drug-likeness (QED) is 0.839. The molecule has 0 atom stereocenters. The third-order valence-electron chi connectivity index (χ3n) is 3.01. The molecule has 4 nitrogen and oxygen atoms in total. The van der Waals surface area contributed by atoms with E-state index in [9.17, 15) is 4.79 Å². The van der Waals surface area contributed by atoms with Crippen LogP contribution in [0.2, 0.25) is 0 Å². The van der Waals surface area contributed by atoms with E-state index in [1.807, 2.05) is 25.1 Å². The third kappa shape index (κ3) is 3.02. The van der Waals surface area contributed by atoms with Crippen molar-refractivity contribution in [1.82, 2.24) is 4.98 Å². The average Bonchev–Trinajstić information content (AvgIpc) is 2.39. The zero-order chi connectivity index (χ0) is 13.8. The molecule has 1 heterocycles. The molecule has 0 saturated heterocycles. The monoisotopic (exact) mass is 258 g/mol. The summed E-state index contributed by atoms with van der Waals surface area (Å²) >= 11 is 0. The fraction of sp³-hybridized carbons (Fsp3) is 0.333. The van der Waals surface area contributed by atoms with Crippen LogP contribution in [-0.4, -0.2) is 17.5 Å².